The number of likely N-dealkylation sites (tertiary alicyclic amines) is 1. The monoisotopic (exact) mass is 1150 g/mol. The first kappa shape index (κ1) is 71.6. The number of carbonyl (C=O) groups excluding carboxylic acids is 8. The first-order valence-corrected chi connectivity index (χ1v) is 28.4. The van der Waals surface area contributed by atoms with Crippen LogP contribution in [0.1, 0.15) is 120 Å². The van der Waals surface area contributed by atoms with E-state index in [-0.39, 0.29) is 87.5 Å². The van der Waals surface area contributed by atoms with Crippen molar-refractivity contribution in [3.63, 3.8) is 0 Å². The quantitative estimate of drug-likeness (QED) is 0.0271. The molecule has 462 valence electrons. The highest BCUT2D eigenvalue weighted by atomic mass is 16.7. The van der Waals surface area contributed by atoms with Gasteiger partial charge >= 0.3 is 12.1 Å². The van der Waals surface area contributed by atoms with Crippen LogP contribution in [0.3, 0.4) is 0 Å². The maximum absolute atomic E-state index is 14.5. The maximum Gasteiger partial charge on any atom is 0.407 e. The van der Waals surface area contributed by atoms with E-state index in [1.165, 1.54) is 21.1 Å². The fraction of sp³-hybridized carbons (Fsp3) is 0.754. The molecule has 0 spiro atoms. The fourth-order valence-electron chi connectivity index (χ4n) is 9.70. The van der Waals surface area contributed by atoms with Crippen molar-refractivity contribution in [3.8, 4) is 0 Å². The van der Waals surface area contributed by atoms with Crippen LogP contribution in [0.2, 0.25) is 0 Å². The van der Waals surface area contributed by atoms with Gasteiger partial charge in [-0.15, -0.1) is 0 Å². The molecule has 0 saturated carbocycles. The smallest absolute Gasteiger partial charge is 0.407 e. The molecule has 0 aromatic heterocycles. The summed E-state index contributed by atoms with van der Waals surface area (Å²) in [6, 6.07) is 4.81. The number of carbonyl (C=O) groups is 8. The van der Waals surface area contributed by atoms with Crippen LogP contribution >= 0.6 is 0 Å². The van der Waals surface area contributed by atoms with Crippen LogP contribution in [0, 0.1) is 23.7 Å². The Kier molecular flexibility index (Phi) is 32.0. The number of esters is 1. The standard InChI is InChI=1S/C57H99N9O15/c1-16-36(6)49(65(13)54(73)48(35(4)5)64-53(72)47(59-12)34(2)3)42(76-14)31-45(69)66-28-20-24-41(66)50(77-15)37(7)51(70)63-40(30-39-22-18-17-19-23-39)52(71)60-26-21-29-78-55(74)38(8)62-44(68)25-27-61-56(75)79-33-46(80-43(58)32-67)81-57(9,10)11/h17-19,22-23,34-38,40-43,46-50,59,67H,16,20-21,24-33,58H2,1-15H3,(H,60,71)(H,61,75)(H,62,68)(H,63,70)(H,64,72)/t36-,37+,38-,40-,41-,42+,43?,46?,47?,48?,49?,50+/m0/s1. The van der Waals surface area contributed by atoms with Crippen LogP contribution in [-0.2, 0) is 68.4 Å². The molecule has 24 heteroatoms. The molecular weight excluding hydrogens is 1050 g/mol. The number of alkyl carbamates (subject to hydrolysis) is 1. The number of hydrogen-bond donors (Lipinski definition) is 8. The lowest BCUT2D eigenvalue weighted by Gasteiger charge is -2.41. The highest BCUT2D eigenvalue weighted by Crippen LogP contribution is 2.30. The van der Waals surface area contributed by atoms with Gasteiger partial charge in [-0.3, -0.25) is 28.8 Å². The Hall–Kier alpha value is -5.50. The van der Waals surface area contributed by atoms with Gasteiger partial charge in [0, 0.05) is 53.7 Å². The predicted octanol–water partition coefficient (Wildman–Crippen LogP) is 2.12. The van der Waals surface area contributed by atoms with Gasteiger partial charge in [0.25, 0.3) is 0 Å². The van der Waals surface area contributed by atoms with Crippen molar-refractivity contribution in [1.82, 2.24) is 41.7 Å². The second-order valence-electron chi connectivity index (χ2n) is 22.5. The summed E-state index contributed by atoms with van der Waals surface area (Å²) in [5.74, 6) is -4.14. The fourth-order valence-corrected chi connectivity index (χ4v) is 9.70. The summed E-state index contributed by atoms with van der Waals surface area (Å²) < 4.78 is 33.5. The zero-order valence-electron chi connectivity index (χ0n) is 50.8. The zero-order chi connectivity index (χ0) is 61.1. The number of amides is 7. The van der Waals surface area contributed by atoms with Crippen molar-refractivity contribution >= 4 is 47.5 Å². The molecule has 24 nitrogen and oxygen atoms in total. The van der Waals surface area contributed by atoms with E-state index in [1.54, 1.807) is 51.6 Å². The van der Waals surface area contributed by atoms with Crippen LogP contribution in [0.4, 0.5) is 4.79 Å². The average molecular weight is 1150 g/mol. The van der Waals surface area contributed by atoms with E-state index < -0.39 is 109 Å². The number of benzene rings is 1. The molecule has 9 N–H and O–H groups in total. The summed E-state index contributed by atoms with van der Waals surface area (Å²) in [6.07, 6.45) is -2.41. The molecule has 1 aliphatic heterocycles. The topological polar surface area (TPSA) is 317 Å². The molecular formula is C57H99N9O15. The van der Waals surface area contributed by atoms with Crippen LogP contribution in [0.5, 0.6) is 0 Å². The molecule has 1 aromatic carbocycles. The van der Waals surface area contributed by atoms with Crippen molar-refractivity contribution in [3.05, 3.63) is 35.9 Å². The number of hydrogen-bond acceptors (Lipinski definition) is 17. The number of methoxy groups -OCH3 is 2. The van der Waals surface area contributed by atoms with E-state index in [2.05, 4.69) is 31.9 Å². The summed E-state index contributed by atoms with van der Waals surface area (Å²) in [6.45, 7) is 19.5. The van der Waals surface area contributed by atoms with Gasteiger partial charge in [0.05, 0.1) is 61.5 Å². The Balaban J connectivity index is 2.06. The number of nitrogens with two attached hydrogens (primary N) is 1. The molecule has 0 bridgehead atoms. The molecule has 1 aliphatic rings. The van der Waals surface area contributed by atoms with E-state index in [0.29, 0.717) is 25.8 Å². The van der Waals surface area contributed by atoms with Crippen LogP contribution in [0.15, 0.2) is 30.3 Å². The highest BCUT2D eigenvalue weighted by Gasteiger charge is 2.43. The van der Waals surface area contributed by atoms with Gasteiger partial charge in [-0.1, -0.05) is 85.2 Å². The normalized spacial score (nSPS) is 17.7. The molecule has 1 aromatic rings. The van der Waals surface area contributed by atoms with Gasteiger partial charge in [-0.2, -0.15) is 0 Å². The first-order valence-electron chi connectivity index (χ1n) is 28.4. The van der Waals surface area contributed by atoms with Gasteiger partial charge in [0.2, 0.25) is 35.4 Å². The molecule has 0 aliphatic carbocycles. The number of nitrogens with zero attached hydrogens (tertiary/aromatic N) is 2. The summed E-state index contributed by atoms with van der Waals surface area (Å²) in [4.78, 5) is 111. The van der Waals surface area contributed by atoms with E-state index >= 15 is 0 Å². The zero-order valence-corrected chi connectivity index (χ0v) is 50.8. The number of rotatable bonds is 36. The second kappa shape index (κ2) is 36.2. The summed E-state index contributed by atoms with van der Waals surface area (Å²) in [7, 11) is 6.41. The van der Waals surface area contributed by atoms with Crippen molar-refractivity contribution in [1.29, 1.82) is 0 Å². The Morgan fingerprint density at radius 2 is 1.49 bits per heavy atom. The Labute approximate surface area is 480 Å². The Bertz CT molecular complexity index is 2110. The van der Waals surface area contributed by atoms with Crippen molar-refractivity contribution in [2.45, 2.75) is 188 Å². The minimum atomic E-state index is -1.06. The maximum atomic E-state index is 14.5. The number of aliphatic hydroxyl groups is 1. The molecule has 5 unspecified atom stereocenters. The lowest BCUT2D eigenvalue weighted by Crippen LogP contribution is -2.59. The van der Waals surface area contributed by atoms with Crippen LogP contribution in [0.25, 0.3) is 0 Å². The van der Waals surface area contributed by atoms with Gasteiger partial charge in [0.1, 0.15) is 31.0 Å². The third-order valence-corrected chi connectivity index (χ3v) is 14.2. The summed E-state index contributed by atoms with van der Waals surface area (Å²) in [5.41, 5.74) is 5.75. The molecule has 7 amide bonds. The second-order valence-corrected chi connectivity index (χ2v) is 22.5. The number of likely N-dealkylation sites (N-methyl/N-ethyl adjacent to an activating group) is 2. The minimum absolute atomic E-state index is 0.0121. The van der Waals surface area contributed by atoms with E-state index in [4.69, 9.17) is 34.2 Å². The van der Waals surface area contributed by atoms with Crippen molar-refractivity contribution in [2.75, 3.05) is 67.8 Å². The molecule has 1 fully saturated rings. The molecule has 12 atom stereocenters. The van der Waals surface area contributed by atoms with Crippen LogP contribution < -0.4 is 37.6 Å². The molecule has 1 saturated heterocycles. The van der Waals surface area contributed by atoms with Gasteiger partial charge in [0.15, 0.2) is 6.29 Å². The molecule has 0 radical (unpaired) electrons. The largest absolute Gasteiger partial charge is 0.464 e. The van der Waals surface area contributed by atoms with Crippen molar-refractivity contribution < 1.29 is 71.9 Å². The van der Waals surface area contributed by atoms with Crippen LogP contribution in [-0.4, -0.2) is 197 Å². The molecule has 81 heavy (non-hydrogen) atoms. The lowest BCUT2D eigenvalue weighted by molar-refractivity contribution is -0.232. The average Bonchev–Trinajstić information content (AvgIpc) is 3.90. The Morgan fingerprint density at radius 1 is 0.840 bits per heavy atom. The molecule has 1 heterocycles. The highest BCUT2D eigenvalue weighted by molar-refractivity contribution is 5.91. The van der Waals surface area contributed by atoms with Crippen molar-refractivity contribution in [2.24, 2.45) is 29.4 Å². The SMILES string of the molecule is CC[C@H](C)C([C@@H](CC(=O)N1CCC[C@H]1[C@H](OC)[C@@H](C)C(=O)N[C@@H](Cc1ccccc1)C(=O)NCCCOC(=O)[C@H](C)NC(=O)CCNC(=O)OCC(OC(N)CO)OC(C)(C)C)OC)N(C)C(=O)C(NC(=O)C(NC)C(C)C)C(C)C. The number of ether oxygens (including phenoxy) is 6. The Morgan fingerprint density at radius 3 is 2.06 bits per heavy atom. The number of nitrogens with one attached hydrogen (secondary N) is 6. The summed E-state index contributed by atoms with van der Waals surface area (Å²) >= 11 is 0. The van der Waals surface area contributed by atoms with E-state index in [0.717, 1.165) is 5.56 Å². The number of aliphatic hydroxyl groups excluding tert-OH is 1. The van der Waals surface area contributed by atoms with Gasteiger partial charge < -0.3 is 81.0 Å². The van der Waals surface area contributed by atoms with Gasteiger partial charge in [-0.25, -0.2) is 9.59 Å². The van der Waals surface area contributed by atoms with Gasteiger partial charge in [-0.05, 0) is 77.3 Å². The predicted molar refractivity (Wildman–Crippen MR) is 304 cm³/mol. The lowest BCUT2D eigenvalue weighted by atomic mass is 9.89. The third-order valence-electron chi connectivity index (χ3n) is 14.2. The minimum Gasteiger partial charge on any atom is -0.464 e. The summed E-state index contributed by atoms with van der Waals surface area (Å²) in [5, 5.41) is 25.9. The first-order chi connectivity index (χ1) is 38.1. The van der Waals surface area contributed by atoms with E-state index in [1.807, 2.05) is 71.9 Å². The van der Waals surface area contributed by atoms with E-state index in [9.17, 15) is 43.5 Å². The molecule has 2 rings (SSSR count). The third kappa shape index (κ3) is 24.5.